The van der Waals surface area contributed by atoms with Crippen LogP contribution in [0.4, 0.5) is 0 Å². The molecule has 0 spiro atoms. The average Bonchev–Trinajstić information content (AvgIpc) is 2.99. The monoisotopic (exact) mass is 265 g/mol. The van der Waals surface area contributed by atoms with Crippen molar-refractivity contribution in [3.63, 3.8) is 0 Å². The fourth-order valence-electron chi connectivity index (χ4n) is 1.84. The molecular weight excluding hydrogens is 246 g/mol. The molecule has 2 heterocycles. The maximum Gasteiger partial charge on any atom is 0.165 e. The smallest absolute Gasteiger partial charge is 0.165 e. The molecule has 6 heteroatoms. The molecule has 1 atom stereocenters. The lowest BCUT2D eigenvalue weighted by Crippen LogP contribution is -2.25. The van der Waals surface area contributed by atoms with Gasteiger partial charge in [-0.1, -0.05) is 26.8 Å². The van der Waals surface area contributed by atoms with Crippen LogP contribution < -0.4 is 5.32 Å². The first kappa shape index (κ1) is 13.2. The number of nitrogens with one attached hydrogen (secondary N) is 1. The Labute approximate surface area is 111 Å². The van der Waals surface area contributed by atoms with Gasteiger partial charge in [-0.3, -0.25) is 0 Å². The van der Waals surface area contributed by atoms with Gasteiger partial charge in [0.1, 0.15) is 0 Å². The van der Waals surface area contributed by atoms with E-state index in [2.05, 4.69) is 59.1 Å². The van der Waals surface area contributed by atoms with Crippen LogP contribution >= 0.6 is 11.3 Å². The molecule has 1 N–H and O–H groups in total. The number of hydrogen-bond acceptors (Lipinski definition) is 5. The zero-order valence-corrected chi connectivity index (χ0v) is 11.8. The molecule has 0 aliphatic rings. The highest BCUT2D eigenvalue weighted by Gasteiger charge is 2.18. The second-order valence-corrected chi connectivity index (χ2v) is 5.49. The number of aromatic nitrogens is 4. The van der Waals surface area contributed by atoms with E-state index in [1.165, 1.54) is 4.88 Å². The van der Waals surface area contributed by atoms with Gasteiger partial charge in [0.2, 0.25) is 0 Å². The molecule has 0 fully saturated rings. The maximum absolute atomic E-state index is 4.14. The van der Waals surface area contributed by atoms with Gasteiger partial charge in [0.25, 0.3) is 0 Å². The van der Waals surface area contributed by atoms with E-state index in [0.29, 0.717) is 12.6 Å². The molecule has 2 aromatic rings. The maximum atomic E-state index is 4.14. The molecule has 0 aromatic carbocycles. The van der Waals surface area contributed by atoms with Crippen molar-refractivity contribution in [2.24, 2.45) is 0 Å². The largest absolute Gasteiger partial charge is 0.308 e. The van der Waals surface area contributed by atoms with Crippen LogP contribution in [-0.4, -0.2) is 26.2 Å². The predicted molar refractivity (Wildman–Crippen MR) is 72.5 cm³/mol. The Balaban J connectivity index is 2.19. The van der Waals surface area contributed by atoms with E-state index < -0.39 is 0 Å². The van der Waals surface area contributed by atoms with Gasteiger partial charge in [-0.15, -0.1) is 16.4 Å². The summed E-state index contributed by atoms with van der Waals surface area (Å²) < 4.78 is 1.93. The highest BCUT2D eigenvalue weighted by molar-refractivity contribution is 7.10. The minimum atomic E-state index is 0.240. The molecule has 0 radical (unpaired) electrons. The number of tetrazole rings is 1. The Morgan fingerprint density at radius 2 is 2.28 bits per heavy atom. The fraction of sp³-hybridized carbons (Fsp3) is 0.583. The van der Waals surface area contributed by atoms with Crippen LogP contribution in [0.1, 0.15) is 43.9 Å². The molecule has 0 saturated heterocycles. The first-order chi connectivity index (χ1) is 8.72. The van der Waals surface area contributed by atoms with Gasteiger partial charge < -0.3 is 5.32 Å². The van der Waals surface area contributed by atoms with Crippen molar-refractivity contribution < 1.29 is 0 Å². The topological polar surface area (TPSA) is 55.6 Å². The third-order valence-corrected chi connectivity index (χ3v) is 3.76. The third kappa shape index (κ3) is 2.94. The van der Waals surface area contributed by atoms with E-state index in [4.69, 9.17) is 0 Å². The molecule has 0 aliphatic carbocycles. The Kier molecular flexibility index (Phi) is 4.43. The van der Waals surface area contributed by atoms with E-state index in [1.54, 1.807) is 11.3 Å². The van der Waals surface area contributed by atoms with Gasteiger partial charge in [0.05, 0.1) is 12.6 Å². The van der Waals surface area contributed by atoms with Crippen molar-refractivity contribution in [2.75, 3.05) is 0 Å². The quantitative estimate of drug-likeness (QED) is 0.870. The summed E-state index contributed by atoms with van der Waals surface area (Å²) >= 11 is 1.75. The van der Waals surface area contributed by atoms with Crippen LogP contribution in [0.2, 0.25) is 0 Å². The van der Waals surface area contributed by atoms with Gasteiger partial charge >= 0.3 is 0 Å². The summed E-state index contributed by atoms with van der Waals surface area (Å²) in [7, 11) is 0. The van der Waals surface area contributed by atoms with Crippen LogP contribution in [-0.2, 0) is 6.54 Å². The SMILES string of the molecule is CCC(c1cccs1)n1nnnc1CNC(C)C. The van der Waals surface area contributed by atoms with E-state index >= 15 is 0 Å². The number of nitrogens with zero attached hydrogens (tertiary/aromatic N) is 4. The standard InChI is InChI=1S/C12H19N5S/c1-4-10(11-6-5-7-18-11)17-12(14-15-16-17)8-13-9(2)3/h5-7,9-10,13H,4,8H2,1-3H3. The molecule has 18 heavy (non-hydrogen) atoms. The Morgan fingerprint density at radius 1 is 1.44 bits per heavy atom. The fourth-order valence-corrected chi connectivity index (χ4v) is 2.74. The van der Waals surface area contributed by atoms with Crippen molar-refractivity contribution >= 4 is 11.3 Å². The first-order valence-corrected chi connectivity index (χ1v) is 7.13. The zero-order chi connectivity index (χ0) is 13.0. The summed E-state index contributed by atoms with van der Waals surface area (Å²) in [6, 6.07) is 4.88. The van der Waals surface area contributed by atoms with Crippen molar-refractivity contribution in [1.82, 2.24) is 25.5 Å². The molecule has 1 unspecified atom stereocenters. The predicted octanol–water partition coefficient (Wildman–Crippen LogP) is 2.23. The molecule has 0 aliphatic heterocycles. The summed E-state index contributed by atoms with van der Waals surface area (Å²) in [6.07, 6.45) is 0.986. The van der Waals surface area contributed by atoms with Gasteiger partial charge in [-0.05, 0) is 28.3 Å². The highest BCUT2D eigenvalue weighted by atomic mass is 32.1. The Morgan fingerprint density at radius 3 is 2.89 bits per heavy atom. The molecule has 5 nitrogen and oxygen atoms in total. The summed E-state index contributed by atoms with van der Waals surface area (Å²) in [5.74, 6) is 0.893. The number of hydrogen-bond donors (Lipinski definition) is 1. The summed E-state index contributed by atoms with van der Waals surface area (Å²) in [5.41, 5.74) is 0. The number of rotatable bonds is 6. The molecule has 2 aromatic heterocycles. The second kappa shape index (κ2) is 6.06. The van der Waals surface area contributed by atoms with Crippen LogP contribution in [0.3, 0.4) is 0 Å². The van der Waals surface area contributed by atoms with Gasteiger partial charge in [0, 0.05) is 10.9 Å². The molecule has 0 amide bonds. The normalized spacial score (nSPS) is 13.1. The van der Waals surface area contributed by atoms with E-state index in [-0.39, 0.29) is 6.04 Å². The summed E-state index contributed by atoms with van der Waals surface area (Å²) in [5, 5.41) is 17.5. The molecular formula is C12H19N5S. The molecule has 0 saturated carbocycles. The van der Waals surface area contributed by atoms with E-state index in [0.717, 1.165) is 12.2 Å². The molecule has 98 valence electrons. The van der Waals surface area contributed by atoms with Crippen molar-refractivity contribution in [1.29, 1.82) is 0 Å². The third-order valence-electron chi connectivity index (χ3n) is 2.78. The minimum absolute atomic E-state index is 0.240. The first-order valence-electron chi connectivity index (χ1n) is 6.26. The number of thiophene rings is 1. The van der Waals surface area contributed by atoms with Gasteiger partial charge in [-0.25, -0.2) is 4.68 Å². The van der Waals surface area contributed by atoms with Crippen LogP contribution in [0.5, 0.6) is 0 Å². The Bertz CT molecular complexity index is 463. The van der Waals surface area contributed by atoms with Crippen molar-refractivity contribution in [3.05, 3.63) is 28.2 Å². The van der Waals surface area contributed by atoms with E-state index in [9.17, 15) is 0 Å². The van der Waals surface area contributed by atoms with Gasteiger partial charge in [-0.2, -0.15) is 0 Å². The zero-order valence-electron chi connectivity index (χ0n) is 11.0. The van der Waals surface area contributed by atoms with Crippen LogP contribution in [0, 0.1) is 0 Å². The second-order valence-electron chi connectivity index (χ2n) is 4.51. The van der Waals surface area contributed by atoms with Crippen molar-refractivity contribution in [3.8, 4) is 0 Å². The lowest BCUT2D eigenvalue weighted by molar-refractivity contribution is 0.463. The van der Waals surface area contributed by atoms with Crippen molar-refractivity contribution in [2.45, 2.75) is 45.8 Å². The van der Waals surface area contributed by atoms with Gasteiger partial charge in [0.15, 0.2) is 5.82 Å². The molecule has 2 rings (SSSR count). The summed E-state index contributed by atoms with van der Waals surface area (Å²) in [4.78, 5) is 1.30. The lowest BCUT2D eigenvalue weighted by Gasteiger charge is -2.15. The molecule has 0 bridgehead atoms. The Hall–Kier alpha value is -1.27. The highest BCUT2D eigenvalue weighted by Crippen LogP contribution is 2.25. The minimum Gasteiger partial charge on any atom is -0.308 e. The average molecular weight is 265 g/mol. The lowest BCUT2D eigenvalue weighted by atomic mass is 10.2. The van der Waals surface area contributed by atoms with Crippen LogP contribution in [0.25, 0.3) is 0 Å². The summed E-state index contributed by atoms with van der Waals surface area (Å²) in [6.45, 7) is 7.09. The van der Waals surface area contributed by atoms with E-state index in [1.807, 2.05) is 4.68 Å². The van der Waals surface area contributed by atoms with Crippen LogP contribution in [0.15, 0.2) is 17.5 Å².